The Labute approximate surface area is 159 Å². The van der Waals surface area contributed by atoms with Gasteiger partial charge in [-0.05, 0) is 42.5 Å². The molecule has 0 atom stereocenters. The van der Waals surface area contributed by atoms with Gasteiger partial charge in [-0.3, -0.25) is 0 Å². The molecule has 138 valence electrons. The second kappa shape index (κ2) is 8.08. The molecule has 4 rings (SSSR count). The van der Waals surface area contributed by atoms with Gasteiger partial charge in [-0.25, -0.2) is 9.78 Å². The maximum atomic E-state index is 12.1. The summed E-state index contributed by atoms with van der Waals surface area (Å²) in [4.78, 5) is 16.5. The minimum atomic E-state index is -0.166. The van der Waals surface area contributed by atoms with Crippen molar-refractivity contribution in [3.05, 3.63) is 72.2 Å². The predicted octanol–water partition coefficient (Wildman–Crippen LogP) is 4.25. The van der Waals surface area contributed by atoms with Crippen molar-refractivity contribution < 1.29 is 4.79 Å². The van der Waals surface area contributed by atoms with Crippen molar-refractivity contribution in [2.24, 2.45) is 0 Å². The highest BCUT2D eigenvalue weighted by molar-refractivity contribution is 5.89. The van der Waals surface area contributed by atoms with Gasteiger partial charge in [0.1, 0.15) is 5.82 Å². The molecule has 5 heteroatoms. The first-order valence-corrected chi connectivity index (χ1v) is 9.53. The Balaban J connectivity index is 1.26. The first-order valence-electron chi connectivity index (χ1n) is 9.53. The molecular formula is C22H24N4O. The first-order chi connectivity index (χ1) is 13.3. The van der Waals surface area contributed by atoms with E-state index in [0.717, 1.165) is 42.8 Å². The van der Waals surface area contributed by atoms with Crippen molar-refractivity contribution in [1.29, 1.82) is 0 Å². The lowest BCUT2D eigenvalue weighted by molar-refractivity contribution is 0.252. The summed E-state index contributed by atoms with van der Waals surface area (Å²) in [5.41, 5.74) is 4.37. The fourth-order valence-electron chi connectivity index (χ4n) is 3.53. The number of hydrogen-bond donors (Lipinski definition) is 2. The molecular weight excluding hydrogens is 336 g/mol. The van der Waals surface area contributed by atoms with Crippen LogP contribution >= 0.6 is 0 Å². The number of carbonyl (C=O) groups excluding carboxylic acids is 1. The van der Waals surface area contributed by atoms with E-state index in [2.05, 4.69) is 32.3 Å². The number of nitrogens with one attached hydrogen (secondary N) is 2. The number of nitrogens with zero attached hydrogens (tertiary/aromatic N) is 2. The van der Waals surface area contributed by atoms with Gasteiger partial charge in [-0.1, -0.05) is 42.5 Å². The Hall–Kier alpha value is -3.08. The number of rotatable bonds is 6. The summed E-state index contributed by atoms with van der Waals surface area (Å²) >= 11 is 0. The van der Waals surface area contributed by atoms with Crippen LogP contribution in [0.3, 0.4) is 0 Å². The van der Waals surface area contributed by atoms with Crippen molar-refractivity contribution in [3.8, 4) is 11.3 Å². The van der Waals surface area contributed by atoms with Gasteiger partial charge < -0.3 is 15.2 Å². The van der Waals surface area contributed by atoms with Crippen molar-refractivity contribution in [1.82, 2.24) is 14.9 Å². The lowest BCUT2D eigenvalue weighted by atomic mass is 10.1. The maximum absolute atomic E-state index is 12.1. The molecule has 0 spiro atoms. The Morgan fingerprint density at radius 1 is 1.07 bits per heavy atom. The molecule has 0 saturated heterocycles. The predicted molar refractivity (Wildman–Crippen MR) is 108 cm³/mol. The van der Waals surface area contributed by atoms with Crippen LogP contribution < -0.4 is 10.6 Å². The van der Waals surface area contributed by atoms with E-state index >= 15 is 0 Å². The fraction of sp³-hybridized carbons (Fsp3) is 0.273. The smallest absolute Gasteiger partial charge is 0.319 e. The number of benzene rings is 2. The number of amides is 2. The van der Waals surface area contributed by atoms with E-state index in [1.807, 2.05) is 48.7 Å². The van der Waals surface area contributed by atoms with Crippen LogP contribution in [-0.4, -0.2) is 22.1 Å². The minimum Gasteiger partial charge on any atom is -0.338 e. The number of anilines is 1. The van der Waals surface area contributed by atoms with E-state index in [4.69, 9.17) is 0 Å². The molecule has 0 saturated carbocycles. The van der Waals surface area contributed by atoms with Gasteiger partial charge in [-0.2, -0.15) is 0 Å². The van der Waals surface area contributed by atoms with Gasteiger partial charge in [-0.15, -0.1) is 0 Å². The lowest BCUT2D eigenvalue weighted by Gasteiger charge is -2.09. The van der Waals surface area contributed by atoms with Gasteiger partial charge in [0.2, 0.25) is 0 Å². The Morgan fingerprint density at radius 2 is 1.89 bits per heavy atom. The number of fused-ring (bicyclic) bond motifs is 1. The summed E-state index contributed by atoms with van der Waals surface area (Å²) < 4.78 is 2.28. The Bertz CT molecular complexity index is 900. The topological polar surface area (TPSA) is 59.0 Å². The van der Waals surface area contributed by atoms with Gasteiger partial charge in [0.25, 0.3) is 0 Å². The molecule has 1 aliphatic rings. The molecule has 2 amide bonds. The number of carbonyl (C=O) groups is 1. The SMILES string of the molecule is O=C(NCCCc1ccccc1)Nc1ccc(-c2cnc3n2CCC3)cc1. The van der Waals surface area contributed by atoms with E-state index in [9.17, 15) is 4.79 Å². The number of urea groups is 1. The first kappa shape index (κ1) is 17.3. The second-order valence-electron chi connectivity index (χ2n) is 6.86. The fourth-order valence-corrected chi connectivity index (χ4v) is 3.53. The van der Waals surface area contributed by atoms with Crippen LogP contribution in [0.1, 0.15) is 24.2 Å². The van der Waals surface area contributed by atoms with E-state index in [-0.39, 0.29) is 6.03 Å². The van der Waals surface area contributed by atoms with Crippen LogP contribution in [0.2, 0.25) is 0 Å². The summed E-state index contributed by atoms with van der Waals surface area (Å²) in [6.07, 6.45) is 6.05. The third-order valence-electron chi connectivity index (χ3n) is 4.93. The van der Waals surface area contributed by atoms with Crippen molar-refractivity contribution in [2.75, 3.05) is 11.9 Å². The molecule has 3 aromatic rings. The van der Waals surface area contributed by atoms with Crippen LogP contribution in [0, 0.1) is 0 Å². The average molecular weight is 360 g/mol. The van der Waals surface area contributed by atoms with Crippen LogP contribution in [0.25, 0.3) is 11.3 Å². The van der Waals surface area contributed by atoms with Crippen LogP contribution in [0.15, 0.2) is 60.8 Å². The normalized spacial score (nSPS) is 12.6. The van der Waals surface area contributed by atoms with Crippen molar-refractivity contribution >= 4 is 11.7 Å². The van der Waals surface area contributed by atoms with Gasteiger partial charge in [0, 0.05) is 25.2 Å². The molecule has 2 aromatic carbocycles. The summed E-state index contributed by atoms with van der Waals surface area (Å²) in [7, 11) is 0. The highest BCUT2D eigenvalue weighted by Gasteiger charge is 2.16. The summed E-state index contributed by atoms with van der Waals surface area (Å²) in [5.74, 6) is 1.17. The molecule has 0 aliphatic carbocycles. The van der Waals surface area contributed by atoms with Crippen LogP contribution in [-0.2, 0) is 19.4 Å². The molecule has 1 aliphatic heterocycles. The molecule has 2 heterocycles. The zero-order valence-corrected chi connectivity index (χ0v) is 15.3. The average Bonchev–Trinajstić information content (AvgIpc) is 3.31. The molecule has 2 N–H and O–H groups in total. The maximum Gasteiger partial charge on any atom is 0.319 e. The van der Waals surface area contributed by atoms with E-state index < -0.39 is 0 Å². The number of hydrogen-bond acceptors (Lipinski definition) is 2. The third-order valence-corrected chi connectivity index (χ3v) is 4.93. The zero-order chi connectivity index (χ0) is 18.5. The molecule has 0 bridgehead atoms. The highest BCUT2D eigenvalue weighted by Crippen LogP contribution is 2.26. The van der Waals surface area contributed by atoms with Crippen molar-refractivity contribution in [3.63, 3.8) is 0 Å². The number of aromatic nitrogens is 2. The molecule has 0 fully saturated rings. The molecule has 5 nitrogen and oxygen atoms in total. The van der Waals surface area contributed by atoms with E-state index in [1.165, 1.54) is 17.8 Å². The minimum absolute atomic E-state index is 0.166. The van der Waals surface area contributed by atoms with E-state index in [1.54, 1.807) is 0 Å². The molecule has 0 unspecified atom stereocenters. The lowest BCUT2D eigenvalue weighted by Crippen LogP contribution is -2.29. The highest BCUT2D eigenvalue weighted by atomic mass is 16.2. The Morgan fingerprint density at radius 3 is 2.70 bits per heavy atom. The summed E-state index contributed by atoms with van der Waals surface area (Å²) in [5, 5.41) is 5.81. The Kier molecular flexibility index (Phi) is 5.19. The molecule has 27 heavy (non-hydrogen) atoms. The van der Waals surface area contributed by atoms with Crippen LogP contribution in [0.5, 0.6) is 0 Å². The number of aryl methyl sites for hydroxylation is 2. The molecule has 0 radical (unpaired) electrons. The summed E-state index contributed by atoms with van der Waals surface area (Å²) in [6.45, 7) is 1.69. The van der Waals surface area contributed by atoms with Gasteiger partial charge in [0.05, 0.1) is 11.9 Å². The van der Waals surface area contributed by atoms with Crippen LogP contribution in [0.4, 0.5) is 10.5 Å². The van der Waals surface area contributed by atoms with Crippen molar-refractivity contribution in [2.45, 2.75) is 32.2 Å². The quantitative estimate of drug-likeness (QED) is 0.646. The summed E-state index contributed by atoms with van der Waals surface area (Å²) in [6, 6.07) is 18.1. The standard InChI is InChI=1S/C22H24N4O/c27-22(23-14-4-8-17-6-2-1-3-7-17)25-19-12-10-18(11-13-19)20-16-24-21-9-5-15-26(20)21/h1-3,6-7,10-13,16H,4-5,8-9,14-15H2,(H2,23,25,27). The van der Waals surface area contributed by atoms with E-state index in [0.29, 0.717) is 6.54 Å². The third kappa shape index (κ3) is 4.19. The second-order valence-corrected chi connectivity index (χ2v) is 6.86. The largest absolute Gasteiger partial charge is 0.338 e. The zero-order valence-electron chi connectivity index (χ0n) is 15.3. The molecule has 1 aromatic heterocycles. The monoisotopic (exact) mass is 360 g/mol. The van der Waals surface area contributed by atoms with Gasteiger partial charge >= 0.3 is 6.03 Å². The van der Waals surface area contributed by atoms with Gasteiger partial charge in [0.15, 0.2) is 0 Å². The number of imidazole rings is 1.